The van der Waals surface area contributed by atoms with Crippen molar-refractivity contribution in [1.29, 1.82) is 0 Å². The zero-order valence-corrected chi connectivity index (χ0v) is 23.8. The van der Waals surface area contributed by atoms with Crippen molar-refractivity contribution in [1.82, 2.24) is 0 Å². The fourth-order valence-corrected chi connectivity index (χ4v) is 7.44. The number of thiophene rings is 2. The van der Waals surface area contributed by atoms with Crippen molar-refractivity contribution in [2.45, 2.75) is 0 Å². The number of fused-ring (bicyclic) bond motifs is 6. The van der Waals surface area contributed by atoms with E-state index in [-0.39, 0.29) is 0 Å². The molecule has 0 spiro atoms. The van der Waals surface area contributed by atoms with Crippen LogP contribution in [0.4, 0.5) is 0 Å². The third-order valence-electron chi connectivity index (χ3n) is 7.29. The summed E-state index contributed by atoms with van der Waals surface area (Å²) in [4.78, 5) is 0. The Morgan fingerprint density at radius 1 is 0.450 bits per heavy atom. The summed E-state index contributed by atoms with van der Waals surface area (Å²) in [7, 11) is 3.43. The van der Waals surface area contributed by atoms with Gasteiger partial charge in [-0.1, -0.05) is 72.8 Å². The minimum Gasteiger partial charge on any atom is -0.496 e. The van der Waals surface area contributed by atoms with E-state index in [4.69, 9.17) is 9.47 Å². The standard InChI is InChI=1S/C36H26O2S2/c1-37-31-21-26(16-12-24-14-18-36-30(20-24)28-8-4-6-10-34(28)40-36)32(38-2)22-25(31)15-11-23-13-17-35-29(19-23)27-7-3-5-9-33(27)39-35/h3-22H,1-2H3/b15-11+,16-12+. The number of methoxy groups -OCH3 is 2. The van der Waals surface area contributed by atoms with Gasteiger partial charge in [-0.3, -0.25) is 0 Å². The third-order valence-corrected chi connectivity index (χ3v) is 9.60. The second-order valence-corrected chi connectivity index (χ2v) is 11.9. The minimum absolute atomic E-state index is 0.804. The lowest BCUT2D eigenvalue weighted by Gasteiger charge is -2.11. The molecule has 2 nitrogen and oxygen atoms in total. The van der Waals surface area contributed by atoms with Gasteiger partial charge in [0.05, 0.1) is 14.2 Å². The van der Waals surface area contributed by atoms with Crippen LogP contribution >= 0.6 is 22.7 Å². The lowest BCUT2D eigenvalue weighted by Crippen LogP contribution is -1.93. The first kappa shape index (κ1) is 24.6. The van der Waals surface area contributed by atoms with Gasteiger partial charge in [0.15, 0.2) is 0 Å². The van der Waals surface area contributed by atoms with E-state index >= 15 is 0 Å². The zero-order valence-electron chi connectivity index (χ0n) is 22.2. The first-order valence-corrected chi connectivity index (χ1v) is 14.8. The molecule has 0 N–H and O–H groups in total. The summed E-state index contributed by atoms with van der Waals surface area (Å²) in [5.74, 6) is 1.61. The first-order chi connectivity index (χ1) is 19.7. The quantitative estimate of drug-likeness (QED) is 0.190. The van der Waals surface area contributed by atoms with Gasteiger partial charge in [-0.25, -0.2) is 0 Å². The molecular formula is C36H26O2S2. The molecule has 40 heavy (non-hydrogen) atoms. The van der Waals surface area contributed by atoms with Gasteiger partial charge in [0.25, 0.3) is 0 Å². The third kappa shape index (κ3) is 4.45. The van der Waals surface area contributed by atoms with Crippen LogP contribution in [0, 0.1) is 0 Å². The fraction of sp³-hybridized carbons (Fsp3) is 0.0556. The Morgan fingerprint density at radius 2 is 0.875 bits per heavy atom. The molecular weight excluding hydrogens is 529 g/mol. The van der Waals surface area contributed by atoms with Crippen molar-refractivity contribution in [3.63, 3.8) is 0 Å². The lowest BCUT2D eigenvalue weighted by atomic mass is 10.0. The average Bonchev–Trinajstić information content (AvgIpc) is 3.56. The number of hydrogen-bond acceptors (Lipinski definition) is 4. The average molecular weight is 555 g/mol. The second-order valence-electron chi connectivity index (χ2n) is 9.71. The minimum atomic E-state index is 0.804. The van der Waals surface area contributed by atoms with E-state index in [0.717, 1.165) is 33.8 Å². The molecule has 0 aliphatic heterocycles. The highest BCUT2D eigenvalue weighted by Crippen LogP contribution is 2.37. The van der Waals surface area contributed by atoms with Crippen molar-refractivity contribution in [3.8, 4) is 11.5 Å². The number of benzene rings is 5. The van der Waals surface area contributed by atoms with Gasteiger partial charge in [0.2, 0.25) is 0 Å². The van der Waals surface area contributed by atoms with Crippen LogP contribution in [0.2, 0.25) is 0 Å². The molecule has 194 valence electrons. The summed E-state index contributed by atoms with van der Waals surface area (Å²) in [5, 5.41) is 5.20. The molecule has 0 aliphatic rings. The molecule has 0 bridgehead atoms. The predicted octanol–water partition coefficient (Wildman–Crippen LogP) is 10.8. The van der Waals surface area contributed by atoms with E-state index in [1.807, 2.05) is 34.8 Å². The maximum absolute atomic E-state index is 5.80. The molecule has 0 atom stereocenters. The maximum Gasteiger partial charge on any atom is 0.126 e. The van der Waals surface area contributed by atoms with Gasteiger partial charge in [-0.15, -0.1) is 22.7 Å². The second kappa shape index (κ2) is 10.3. The van der Waals surface area contributed by atoms with Crippen LogP contribution in [0.25, 0.3) is 64.6 Å². The van der Waals surface area contributed by atoms with Crippen molar-refractivity contribution in [2.75, 3.05) is 14.2 Å². The van der Waals surface area contributed by atoms with E-state index < -0.39 is 0 Å². The SMILES string of the molecule is COc1cc(/C=C/c2ccc3sc4ccccc4c3c2)c(OC)cc1/C=C/c1ccc2sc3ccccc3c2c1. The van der Waals surface area contributed by atoms with Gasteiger partial charge in [-0.2, -0.15) is 0 Å². The molecule has 0 radical (unpaired) electrons. The summed E-state index contributed by atoms with van der Waals surface area (Å²) < 4.78 is 16.8. The number of ether oxygens (including phenoxy) is 2. The molecule has 0 saturated heterocycles. The van der Waals surface area contributed by atoms with E-state index in [0.29, 0.717) is 0 Å². The van der Waals surface area contributed by atoms with Crippen LogP contribution in [-0.4, -0.2) is 14.2 Å². The van der Waals surface area contributed by atoms with E-state index in [9.17, 15) is 0 Å². The normalized spacial score (nSPS) is 12.1. The Bertz CT molecular complexity index is 1940. The lowest BCUT2D eigenvalue weighted by molar-refractivity contribution is 0.401. The Hall–Kier alpha value is -4.38. The first-order valence-electron chi connectivity index (χ1n) is 13.1. The van der Waals surface area contributed by atoms with Crippen LogP contribution < -0.4 is 9.47 Å². The highest BCUT2D eigenvalue weighted by Gasteiger charge is 2.10. The molecule has 7 rings (SSSR count). The van der Waals surface area contributed by atoms with Gasteiger partial charge in [-0.05, 0) is 59.7 Å². The molecule has 2 aromatic heterocycles. The van der Waals surface area contributed by atoms with Crippen LogP contribution in [0.5, 0.6) is 11.5 Å². The van der Waals surface area contributed by atoms with Crippen LogP contribution in [0.1, 0.15) is 22.3 Å². The molecule has 0 unspecified atom stereocenters. The van der Waals surface area contributed by atoms with Gasteiger partial charge < -0.3 is 9.47 Å². The van der Waals surface area contributed by atoms with Crippen LogP contribution in [0.3, 0.4) is 0 Å². The summed E-state index contributed by atoms with van der Waals surface area (Å²) in [6.45, 7) is 0. The molecule has 0 fully saturated rings. The Morgan fingerprint density at radius 3 is 1.32 bits per heavy atom. The summed E-state index contributed by atoms with van der Waals surface area (Å²) in [6.07, 6.45) is 8.47. The summed E-state index contributed by atoms with van der Waals surface area (Å²) >= 11 is 3.67. The maximum atomic E-state index is 5.80. The van der Waals surface area contributed by atoms with Crippen LogP contribution in [-0.2, 0) is 0 Å². The molecule has 7 aromatic rings. The van der Waals surface area contributed by atoms with E-state index in [2.05, 4.69) is 109 Å². The number of hydrogen-bond donors (Lipinski definition) is 0. The van der Waals surface area contributed by atoms with Gasteiger partial charge in [0.1, 0.15) is 11.5 Å². The monoisotopic (exact) mass is 554 g/mol. The van der Waals surface area contributed by atoms with Crippen LogP contribution in [0.15, 0.2) is 97.1 Å². The predicted molar refractivity (Wildman–Crippen MR) is 176 cm³/mol. The topological polar surface area (TPSA) is 18.5 Å². The van der Waals surface area contributed by atoms with E-state index in [1.54, 1.807) is 14.2 Å². The highest BCUT2D eigenvalue weighted by atomic mass is 32.1. The smallest absolute Gasteiger partial charge is 0.126 e. The summed E-state index contributed by atoms with van der Waals surface area (Å²) in [6, 6.07) is 34.5. The Balaban J connectivity index is 1.21. The van der Waals surface area contributed by atoms with E-state index in [1.165, 1.54) is 40.3 Å². The zero-order chi connectivity index (χ0) is 27.1. The van der Waals surface area contributed by atoms with Gasteiger partial charge in [0, 0.05) is 51.5 Å². The molecule has 0 amide bonds. The summed E-state index contributed by atoms with van der Waals surface area (Å²) in [5.41, 5.74) is 4.24. The molecule has 5 aromatic carbocycles. The molecule has 0 aliphatic carbocycles. The van der Waals surface area contributed by atoms with Crippen molar-refractivity contribution >= 4 is 87.3 Å². The molecule has 4 heteroatoms. The van der Waals surface area contributed by atoms with Crippen molar-refractivity contribution in [3.05, 3.63) is 119 Å². The fourth-order valence-electron chi connectivity index (χ4n) is 5.27. The van der Waals surface area contributed by atoms with Gasteiger partial charge >= 0.3 is 0 Å². The largest absolute Gasteiger partial charge is 0.496 e. The highest BCUT2D eigenvalue weighted by molar-refractivity contribution is 7.26. The van der Waals surface area contributed by atoms with Crippen molar-refractivity contribution < 1.29 is 9.47 Å². The number of rotatable bonds is 6. The Labute approximate surface area is 241 Å². The molecule has 2 heterocycles. The Kier molecular flexibility index (Phi) is 6.35. The molecule has 0 saturated carbocycles. The van der Waals surface area contributed by atoms with Crippen molar-refractivity contribution in [2.24, 2.45) is 0 Å².